The van der Waals surface area contributed by atoms with Crippen LogP contribution in [0.3, 0.4) is 0 Å². The molecule has 0 bridgehead atoms. The Kier molecular flexibility index (Phi) is 4.01. The molecule has 19 heavy (non-hydrogen) atoms. The van der Waals surface area contributed by atoms with Crippen LogP contribution in [0.1, 0.15) is 12.0 Å². The van der Waals surface area contributed by atoms with Gasteiger partial charge in [0.1, 0.15) is 0 Å². The van der Waals surface area contributed by atoms with Gasteiger partial charge in [0.05, 0.1) is 5.52 Å². The molecule has 1 heterocycles. The number of nitrogens with two attached hydrogens (primary N) is 1. The molecule has 0 saturated carbocycles. The van der Waals surface area contributed by atoms with Gasteiger partial charge in [-0.3, -0.25) is 9.36 Å². The Labute approximate surface area is 110 Å². The van der Waals surface area contributed by atoms with Crippen LogP contribution in [0.5, 0.6) is 0 Å². The predicted octanol–water partition coefficient (Wildman–Crippen LogP) is 0.139. The monoisotopic (exact) mass is 263 g/mol. The lowest BCUT2D eigenvalue weighted by Gasteiger charge is -2.04. The van der Waals surface area contributed by atoms with Crippen LogP contribution in [-0.2, 0) is 18.3 Å². The van der Waals surface area contributed by atoms with E-state index in [2.05, 4.69) is 5.32 Å². The summed E-state index contributed by atoms with van der Waals surface area (Å²) in [6, 6.07) is 5.56. The Morgan fingerprint density at radius 3 is 3.00 bits per heavy atom. The number of nitrogens with zero attached hydrogens (tertiary/aromatic N) is 1. The van der Waals surface area contributed by atoms with Crippen molar-refractivity contribution in [1.29, 1.82) is 0 Å². The van der Waals surface area contributed by atoms with E-state index in [0.29, 0.717) is 31.5 Å². The van der Waals surface area contributed by atoms with Gasteiger partial charge >= 0.3 is 5.76 Å². The van der Waals surface area contributed by atoms with Crippen molar-refractivity contribution in [1.82, 2.24) is 9.88 Å². The van der Waals surface area contributed by atoms with Crippen molar-refractivity contribution in [3.8, 4) is 0 Å². The number of fused-ring (bicyclic) bond motifs is 1. The van der Waals surface area contributed by atoms with Gasteiger partial charge in [0.25, 0.3) is 0 Å². The third kappa shape index (κ3) is 3.03. The molecule has 0 atom stereocenters. The van der Waals surface area contributed by atoms with Crippen molar-refractivity contribution < 1.29 is 9.21 Å². The third-order valence-electron chi connectivity index (χ3n) is 2.96. The quantitative estimate of drug-likeness (QED) is 0.802. The van der Waals surface area contributed by atoms with Gasteiger partial charge in [-0.15, -0.1) is 0 Å². The van der Waals surface area contributed by atoms with Crippen molar-refractivity contribution in [3.63, 3.8) is 0 Å². The van der Waals surface area contributed by atoms with E-state index in [-0.39, 0.29) is 11.7 Å². The topological polar surface area (TPSA) is 90.3 Å². The molecule has 2 aromatic rings. The highest BCUT2D eigenvalue weighted by atomic mass is 16.4. The van der Waals surface area contributed by atoms with Crippen molar-refractivity contribution in [3.05, 3.63) is 34.3 Å². The average molecular weight is 263 g/mol. The molecule has 0 aliphatic carbocycles. The first-order valence-electron chi connectivity index (χ1n) is 6.17. The second-order valence-electron chi connectivity index (χ2n) is 4.37. The lowest BCUT2D eigenvalue weighted by atomic mass is 10.1. The van der Waals surface area contributed by atoms with Crippen LogP contribution in [0.4, 0.5) is 0 Å². The molecule has 2 rings (SSSR count). The third-order valence-corrected chi connectivity index (χ3v) is 2.96. The Bertz CT molecular complexity index is 642. The molecular formula is C13H17N3O3. The van der Waals surface area contributed by atoms with Gasteiger partial charge < -0.3 is 15.5 Å². The zero-order valence-corrected chi connectivity index (χ0v) is 10.8. The Balaban J connectivity index is 2.03. The van der Waals surface area contributed by atoms with Gasteiger partial charge in [-0.2, -0.15) is 0 Å². The number of hydrogen-bond acceptors (Lipinski definition) is 4. The first kappa shape index (κ1) is 13.4. The number of carbonyl (C=O) groups excluding carboxylic acids is 1. The molecule has 0 aliphatic heterocycles. The lowest BCUT2D eigenvalue weighted by molar-refractivity contribution is -0.120. The molecule has 1 aromatic heterocycles. The minimum Gasteiger partial charge on any atom is -0.408 e. The van der Waals surface area contributed by atoms with E-state index in [4.69, 9.17) is 10.2 Å². The molecule has 6 nitrogen and oxygen atoms in total. The predicted molar refractivity (Wildman–Crippen MR) is 71.8 cm³/mol. The number of aromatic nitrogens is 1. The first-order valence-corrected chi connectivity index (χ1v) is 6.17. The number of rotatable bonds is 5. The van der Waals surface area contributed by atoms with E-state index in [1.165, 1.54) is 4.57 Å². The standard InChI is InChI=1S/C13H17N3O3/c1-16-10-8-9(2-3-11(10)19-13(16)18)5-7-15-12(17)4-6-14/h2-3,8H,4-7,14H2,1H3,(H,15,17). The van der Waals surface area contributed by atoms with Crippen LogP contribution in [0.2, 0.25) is 0 Å². The molecule has 6 heteroatoms. The van der Waals surface area contributed by atoms with Crippen LogP contribution in [0.15, 0.2) is 27.4 Å². The second kappa shape index (κ2) is 5.71. The summed E-state index contributed by atoms with van der Waals surface area (Å²) in [4.78, 5) is 22.6. The van der Waals surface area contributed by atoms with Gasteiger partial charge in [-0.1, -0.05) is 6.07 Å². The molecule has 0 fully saturated rings. The molecular weight excluding hydrogens is 246 g/mol. The summed E-state index contributed by atoms with van der Waals surface area (Å²) in [5.41, 5.74) is 7.66. The SMILES string of the molecule is Cn1c(=O)oc2ccc(CCNC(=O)CCN)cc21. The number of nitrogens with one attached hydrogen (secondary N) is 1. The lowest BCUT2D eigenvalue weighted by Crippen LogP contribution is -2.27. The number of oxazole rings is 1. The van der Waals surface area contributed by atoms with Crippen molar-refractivity contribution in [2.45, 2.75) is 12.8 Å². The molecule has 0 saturated heterocycles. The maximum Gasteiger partial charge on any atom is 0.419 e. The summed E-state index contributed by atoms with van der Waals surface area (Å²) >= 11 is 0. The maximum atomic E-state index is 11.4. The average Bonchev–Trinajstić information content (AvgIpc) is 2.66. The zero-order valence-electron chi connectivity index (χ0n) is 10.8. The fraction of sp³-hybridized carbons (Fsp3) is 0.385. The van der Waals surface area contributed by atoms with E-state index in [9.17, 15) is 9.59 Å². The summed E-state index contributed by atoms with van der Waals surface area (Å²) in [5, 5.41) is 2.79. The first-order chi connectivity index (χ1) is 9.11. The van der Waals surface area contributed by atoms with E-state index >= 15 is 0 Å². The highest BCUT2D eigenvalue weighted by Gasteiger charge is 2.06. The van der Waals surface area contributed by atoms with E-state index in [0.717, 1.165) is 11.1 Å². The molecule has 0 unspecified atom stereocenters. The van der Waals surface area contributed by atoms with E-state index in [1.807, 2.05) is 12.1 Å². The van der Waals surface area contributed by atoms with Crippen molar-refractivity contribution >= 4 is 17.0 Å². The number of carbonyl (C=O) groups is 1. The number of benzene rings is 1. The number of hydrogen-bond donors (Lipinski definition) is 2. The van der Waals surface area contributed by atoms with Gasteiger partial charge in [-0.25, -0.2) is 4.79 Å². The fourth-order valence-electron chi connectivity index (χ4n) is 1.89. The Morgan fingerprint density at radius 1 is 1.47 bits per heavy atom. The normalized spacial score (nSPS) is 10.8. The summed E-state index contributed by atoms with van der Waals surface area (Å²) in [5.74, 6) is -0.414. The minimum atomic E-state index is -0.372. The van der Waals surface area contributed by atoms with Crippen molar-refractivity contribution in [2.75, 3.05) is 13.1 Å². The number of aryl methyl sites for hydroxylation is 1. The van der Waals surface area contributed by atoms with Gasteiger partial charge in [-0.05, 0) is 24.1 Å². The van der Waals surface area contributed by atoms with Crippen LogP contribution < -0.4 is 16.8 Å². The zero-order chi connectivity index (χ0) is 13.8. The Hall–Kier alpha value is -2.08. The fourth-order valence-corrected chi connectivity index (χ4v) is 1.89. The van der Waals surface area contributed by atoms with Crippen molar-refractivity contribution in [2.24, 2.45) is 12.8 Å². The molecule has 0 spiro atoms. The smallest absolute Gasteiger partial charge is 0.408 e. The maximum absolute atomic E-state index is 11.4. The molecule has 102 valence electrons. The summed E-state index contributed by atoms with van der Waals surface area (Å²) in [6.45, 7) is 0.908. The van der Waals surface area contributed by atoms with Crippen LogP contribution in [-0.4, -0.2) is 23.6 Å². The van der Waals surface area contributed by atoms with Gasteiger partial charge in [0.15, 0.2) is 5.58 Å². The summed E-state index contributed by atoms with van der Waals surface area (Å²) in [7, 11) is 1.67. The molecule has 0 aliphatic rings. The van der Waals surface area contributed by atoms with E-state index < -0.39 is 0 Å². The highest BCUT2D eigenvalue weighted by Crippen LogP contribution is 2.14. The van der Waals surface area contributed by atoms with Crippen LogP contribution >= 0.6 is 0 Å². The van der Waals surface area contributed by atoms with Crippen LogP contribution in [0.25, 0.3) is 11.1 Å². The highest BCUT2D eigenvalue weighted by molar-refractivity contribution is 5.76. The molecule has 3 N–H and O–H groups in total. The molecule has 1 amide bonds. The van der Waals surface area contributed by atoms with Gasteiger partial charge in [0, 0.05) is 26.6 Å². The second-order valence-corrected chi connectivity index (χ2v) is 4.37. The van der Waals surface area contributed by atoms with Crippen LogP contribution in [0, 0.1) is 0 Å². The Morgan fingerprint density at radius 2 is 2.26 bits per heavy atom. The summed E-state index contributed by atoms with van der Waals surface area (Å²) < 4.78 is 6.52. The molecule has 0 radical (unpaired) electrons. The van der Waals surface area contributed by atoms with Gasteiger partial charge in [0.2, 0.25) is 5.91 Å². The van der Waals surface area contributed by atoms with E-state index in [1.54, 1.807) is 13.1 Å². The molecule has 1 aromatic carbocycles. The minimum absolute atomic E-state index is 0.0423. The summed E-state index contributed by atoms with van der Waals surface area (Å²) in [6.07, 6.45) is 1.04. The largest absolute Gasteiger partial charge is 0.419 e. The number of amides is 1.